The number of likely N-dealkylation sites (N-methyl/N-ethyl adjacent to an activating group) is 1. The van der Waals surface area contributed by atoms with Gasteiger partial charge in [-0.1, -0.05) is 19.0 Å². The van der Waals surface area contributed by atoms with Crippen molar-refractivity contribution >= 4 is 11.6 Å². The fraction of sp³-hybridized carbons (Fsp3) is 0.500. The van der Waals surface area contributed by atoms with Crippen LogP contribution in [0.4, 0.5) is 5.69 Å². The van der Waals surface area contributed by atoms with Crippen LogP contribution in [0.25, 0.3) is 0 Å². The molecule has 2 heterocycles. The Morgan fingerprint density at radius 2 is 2.19 bits per heavy atom. The van der Waals surface area contributed by atoms with Gasteiger partial charge in [-0.2, -0.15) is 5.10 Å². The molecule has 21 heavy (non-hydrogen) atoms. The van der Waals surface area contributed by atoms with Crippen molar-refractivity contribution in [2.75, 3.05) is 25.0 Å². The summed E-state index contributed by atoms with van der Waals surface area (Å²) >= 11 is 0. The van der Waals surface area contributed by atoms with Gasteiger partial charge in [0.25, 0.3) is 5.91 Å². The largest absolute Gasteiger partial charge is 0.361 e. The Morgan fingerprint density at radius 1 is 1.43 bits per heavy atom. The van der Waals surface area contributed by atoms with Gasteiger partial charge in [-0.25, -0.2) is 0 Å². The van der Waals surface area contributed by atoms with Gasteiger partial charge in [0.05, 0.1) is 18.4 Å². The number of carbonyl (C=O) groups is 1. The monoisotopic (exact) mass is 291 g/mol. The third-order valence-electron chi connectivity index (χ3n) is 3.29. The zero-order valence-electron chi connectivity index (χ0n) is 12.7. The lowest BCUT2D eigenvalue weighted by Crippen LogP contribution is -2.27. The Balaban J connectivity index is 1.89. The third-order valence-corrected chi connectivity index (χ3v) is 3.29. The summed E-state index contributed by atoms with van der Waals surface area (Å²) in [5, 5.41) is 10.7. The first-order chi connectivity index (χ1) is 10.1. The summed E-state index contributed by atoms with van der Waals surface area (Å²) < 4.78 is 6.70. The molecular weight excluding hydrogens is 270 g/mol. The smallest absolute Gasteiger partial charge is 0.277 e. The Labute approximate surface area is 123 Å². The topological polar surface area (TPSA) is 76.2 Å². The van der Waals surface area contributed by atoms with E-state index in [2.05, 4.69) is 34.3 Å². The van der Waals surface area contributed by atoms with Crippen LogP contribution in [0.2, 0.25) is 0 Å². The van der Waals surface area contributed by atoms with E-state index in [0.29, 0.717) is 11.4 Å². The molecule has 2 rings (SSSR count). The lowest BCUT2D eigenvalue weighted by Gasteiger charge is -2.17. The highest BCUT2D eigenvalue weighted by Gasteiger charge is 2.12. The molecule has 0 atom stereocenters. The average Bonchev–Trinajstić information content (AvgIpc) is 3.09. The van der Waals surface area contributed by atoms with Crippen molar-refractivity contribution in [3.05, 3.63) is 29.9 Å². The van der Waals surface area contributed by atoms with E-state index >= 15 is 0 Å². The lowest BCUT2D eigenvalue weighted by molar-refractivity contribution is 0.101. The maximum absolute atomic E-state index is 11.9. The average molecular weight is 291 g/mol. The van der Waals surface area contributed by atoms with Crippen molar-refractivity contribution in [2.24, 2.45) is 0 Å². The van der Waals surface area contributed by atoms with E-state index in [1.165, 1.54) is 0 Å². The second-order valence-corrected chi connectivity index (χ2v) is 4.80. The number of aryl methyl sites for hydroxylation is 1. The molecule has 0 aromatic carbocycles. The van der Waals surface area contributed by atoms with E-state index in [1.807, 2.05) is 10.9 Å². The fourth-order valence-corrected chi connectivity index (χ4v) is 2.00. The number of aromatic nitrogens is 3. The van der Waals surface area contributed by atoms with Crippen LogP contribution in [0.5, 0.6) is 0 Å². The maximum Gasteiger partial charge on any atom is 0.277 e. The molecule has 0 spiro atoms. The van der Waals surface area contributed by atoms with E-state index in [9.17, 15) is 4.79 Å². The molecular formula is C14H21N5O2. The second kappa shape index (κ2) is 7.03. The number of nitrogens with zero attached hydrogens (tertiary/aromatic N) is 4. The first-order valence-corrected chi connectivity index (χ1v) is 7.11. The molecule has 2 aromatic heterocycles. The molecule has 7 heteroatoms. The number of anilines is 1. The summed E-state index contributed by atoms with van der Waals surface area (Å²) in [6.45, 7) is 9.79. The number of hydrogen-bond acceptors (Lipinski definition) is 5. The number of amides is 1. The van der Waals surface area contributed by atoms with Crippen LogP contribution in [-0.4, -0.2) is 45.4 Å². The molecule has 2 aromatic rings. The summed E-state index contributed by atoms with van der Waals surface area (Å²) in [5.41, 5.74) is 0.920. The molecule has 0 aliphatic carbocycles. The van der Waals surface area contributed by atoms with Gasteiger partial charge in [-0.3, -0.25) is 9.48 Å². The number of hydrogen-bond donors (Lipinski definition) is 1. The van der Waals surface area contributed by atoms with Crippen LogP contribution >= 0.6 is 0 Å². The minimum Gasteiger partial charge on any atom is -0.361 e. The summed E-state index contributed by atoms with van der Waals surface area (Å²) in [4.78, 5) is 14.2. The molecule has 0 saturated carbocycles. The minimum atomic E-state index is -0.296. The zero-order chi connectivity index (χ0) is 15.2. The van der Waals surface area contributed by atoms with Gasteiger partial charge in [0.1, 0.15) is 5.76 Å². The van der Waals surface area contributed by atoms with Crippen molar-refractivity contribution in [3.63, 3.8) is 0 Å². The number of rotatable bonds is 7. The van der Waals surface area contributed by atoms with Crippen LogP contribution in [0.1, 0.15) is 30.1 Å². The van der Waals surface area contributed by atoms with Crippen LogP contribution in [0.15, 0.2) is 23.0 Å². The van der Waals surface area contributed by atoms with Gasteiger partial charge < -0.3 is 14.7 Å². The zero-order valence-corrected chi connectivity index (χ0v) is 12.7. The normalized spacial score (nSPS) is 11.0. The van der Waals surface area contributed by atoms with E-state index < -0.39 is 0 Å². The van der Waals surface area contributed by atoms with Gasteiger partial charge >= 0.3 is 0 Å². The fourth-order valence-electron chi connectivity index (χ4n) is 2.00. The molecule has 0 radical (unpaired) electrons. The lowest BCUT2D eigenvalue weighted by atomic mass is 10.3. The van der Waals surface area contributed by atoms with Crippen molar-refractivity contribution in [3.8, 4) is 0 Å². The van der Waals surface area contributed by atoms with Crippen LogP contribution in [-0.2, 0) is 6.54 Å². The molecule has 7 nitrogen and oxygen atoms in total. The second-order valence-electron chi connectivity index (χ2n) is 4.80. The van der Waals surface area contributed by atoms with Gasteiger partial charge in [0, 0.05) is 18.8 Å². The molecule has 1 amide bonds. The first kappa shape index (κ1) is 15.2. The number of carbonyl (C=O) groups excluding carboxylic acids is 1. The molecule has 114 valence electrons. The van der Waals surface area contributed by atoms with Crippen LogP contribution in [0.3, 0.4) is 0 Å². The maximum atomic E-state index is 11.9. The molecule has 1 N–H and O–H groups in total. The minimum absolute atomic E-state index is 0.267. The van der Waals surface area contributed by atoms with E-state index in [0.717, 1.165) is 26.2 Å². The highest BCUT2D eigenvalue weighted by atomic mass is 16.5. The third kappa shape index (κ3) is 4.16. The summed E-state index contributed by atoms with van der Waals surface area (Å²) in [7, 11) is 0. The van der Waals surface area contributed by atoms with Gasteiger partial charge in [-0.15, -0.1) is 0 Å². The number of nitrogens with one attached hydrogen (secondary N) is 1. The van der Waals surface area contributed by atoms with Crippen LogP contribution < -0.4 is 5.32 Å². The predicted octanol–water partition coefficient (Wildman–Crippen LogP) is 1.77. The highest BCUT2D eigenvalue weighted by molar-refractivity contribution is 6.02. The SMILES string of the molecule is CCN(CC)CCn1cc(NC(=O)c2cc(C)on2)cn1. The molecule has 0 unspecified atom stereocenters. The van der Waals surface area contributed by atoms with Gasteiger partial charge in [-0.05, 0) is 20.0 Å². The van der Waals surface area contributed by atoms with Gasteiger partial charge in [0.2, 0.25) is 0 Å². The Morgan fingerprint density at radius 3 is 2.81 bits per heavy atom. The van der Waals surface area contributed by atoms with E-state index in [4.69, 9.17) is 4.52 Å². The summed E-state index contributed by atoms with van der Waals surface area (Å²) in [6, 6.07) is 1.60. The van der Waals surface area contributed by atoms with Gasteiger partial charge in [0.15, 0.2) is 5.69 Å². The highest BCUT2D eigenvalue weighted by Crippen LogP contribution is 2.09. The van der Waals surface area contributed by atoms with Crippen molar-refractivity contribution in [1.29, 1.82) is 0 Å². The molecule has 0 aliphatic rings. The summed E-state index contributed by atoms with van der Waals surface area (Å²) in [6.07, 6.45) is 3.45. The van der Waals surface area contributed by atoms with Crippen molar-refractivity contribution in [2.45, 2.75) is 27.3 Å². The summed E-state index contributed by atoms with van der Waals surface area (Å²) in [5.74, 6) is 0.310. The first-order valence-electron chi connectivity index (χ1n) is 7.11. The van der Waals surface area contributed by atoms with Crippen molar-refractivity contribution in [1.82, 2.24) is 19.8 Å². The molecule has 0 saturated heterocycles. The Bertz CT molecular complexity index is 586. The Hall–Kier alpha value is -2.15. The standard InChI is InChI=1S/C14H21N5O2/c1-4-18(5-2)6-7-19-10-12(9-15-19)16-14(20)13-8-11(3)21-17-13/h8-10H,4-7H2,1-3H3,(H,16,20). The quantitative estimate of drug-likeness (QED) is 0.841. The molecule has 0 bridgehead atoms. The molecule has 0 aliphatic heterocycles. The Kier molecular flexibility index (Phi) is 5.10. The van der Waals surface area contributed by atoms with Crippen LogP contribution in [0, 0.1) is 6.92 Å². The van der Waals surface area contributed by atoms with E-state index in [1.54, 1.807) is 19.2 Å². The predicted molar refractivity (Wildman–Crippen MR) is 79.2 cm³/mol. The van der Waals surface area contributed by atoms with E-state index in [-0.39, 0.29) is 11.6 Å². The molecule has 0 fully saturated rings. The van der Waals surface area contributed by atoms with Crippen molar-refractivity contribution < 1.29 is 9.32 Å².